The molecule has 0 saturated carbocycles. The summed E-state index contributed by atoms with van der Waals surface area (Å²) in [6.07, 6.45) is 1.52. The Labute approximate surface area is 161 Å². The first-order valence-electron chi connectivity index (χ1n) is 9.11. The molecule has 142 valence electrons. The first kappa shape index (κ1) is 17.9. The van der Waals surface area contributed by atoms with Crippen molar-refractivity contribution >= 4 is 11.9 Å². The Morgan fingerprint density at radius 3 is 2.57 bits per heavy atom. The minimum atomic E-state index is -0.469. The molecule has 3 aromatic rings. The standard InChI is InChI=1S/C21H19N3O4/c25-19-7-4-12-24(19)13-15-8-10-17(11-9-15)21(26)27-14-18-22-23-20(28-18)16-5-2-1-3-6-16/h1-3,5-6,8-11H,4,7,12-14H2. The molecule has 0 bridgehead atoms. The van der Waals surface area contributed by atoms with Gasteiger partial charge in [-0.15, -0.1) is 10.2 Å². The van der Waals surface area contributed by atoms with E-state index in [9.17, 15) is 9.59 Å². The molecule has 1 amide bonds. The lowest BCUT2D eigenvalue weighted by Gasteiger charge is -2.15. The summed E-state index contributed by atoms with van der Waals surface area (Å²) in [5.74, 6) is 0.324. The summed E-state index contributed by atoms with van der Waals surface area (Å²) in [6, 6.07) is 16.4. The zero-order valence-corrected chi connectivity index (χ0v) is 15.2. The molecular weight excluding hydrogens is 358 g/mol. The van der Waals surface area contributed by atoms with Crippen LogP contribution in [0.1, 0.15) is 34.7 Å². The molecule has 0 radical (unpaired) electrons. The summed E-state index contributed by atoms with van der Waals surface area (Å²) in [6.45, 7) is 1.26. The molecule has 28 heavy (non-hydrogen) atoms. The number of amides is 1. The van der Waals surface area contributed by atoms with Gasteiger partial charge in [0, 0.05) is 25.1 Å². The van der Waals surface area contributed by atoms with E-state index in [1.54, 1.807) is 12.1 Å². The van der Waals surface area contributed by atoms with E-state index < -0.39 is 5.97 Å². The van der Waals surface area contributed by atoms with Crippen molar-refractivity contribution < 1.29 is 18.7 Å². The van der Waals surface area contributed by atoms with Crippen LogP contribution in [0.25, 0.3) is 11.5 Å². The van der Waals surface area contributed by atoms with Crippen molar-refractivity contribution in [2.75, 3.05) is 6.54 Å². The molecule has 1 aliphatic rings. The minimum absolute atomic E-state index is 0.0945. The third-order valence-electron chi connectivity index (χ3n) is 4.55. The first-order chi connectivity index (χ1) is 13.7. The minimum Gasteiger partial charge on any atom is -0.452 e. The van der Waals surface area contributed by atoms with Crippen molar-refractivity contribution in [1.29, 1.82) is 0 Å². The van der Waals surface area contributed by atoms with Crippen molar-refractivity contribution in [3.05, 3.63) is 71.6 Å². The van der Waals surface area contributed by atoms with Crippen LogP contribution in [-0.4, -0.2) is 33.5 Å². The summed E-state index contributed by atoms with van der Waals surface area (Å²) in [5, 5.41) is 7.87. The predicted molar refractivity (Wildman–Crippen MR) is 99.9 cm³/mol. The fourth-order valence-corrected chi connectivity index (χ4v) is 3.06. The van der Waals surface area contributed by atoms with Crippen LogP contribution >= 0.6 is 0 Å². The van der Waals surface area contributed by atoms with E-state index in [1.807, 2.05) is 47.4 Å². The highest BCUT2D eigenvalue weighted by Gasteiger charge is 2.20. The lowest BCUT2D eigenvalue weighted by atomic mass is 10.1. The van der Waals surface area contributed by atoms with Crippen LogP contribution in [0.4, 0.5) is 0 Å². The van der Waals surface area contributed by atoms with E-state index in [1.165, 1.54) is 0 Å². The van der Waals surface area contributed by atoms with E-state index in [-0.39, 0.29) is 18.4 Å². The number of aromatic nitrogens is 2. The average molecular weight is 377 g/mol. The number of hydrogen-bond donors (Lipinski definition) is 0. The molecule has 2 heterocycles. The molecule has 0 unspecified atom stereocenters. The summed E-state index contributed by atoms with van der Waals surface area (Å²) in [4.78, 5) is 25.8. The number of likely N-dealkylation sites (tertiary alicyclic amines) is 1. The van der Waals surface area contributed by atoms with Gasteiger partial charge in [0.1, 0.15) is 0 Å². The summed E-state index contributed by atoms with van der Waals surface area (Å²) in [7, 11) is 0. The second-order valence-electron chi connectivity index (χ2n) is 6.56. The third kappa shape index (κ3) is 4.09. The number of benzene rings is 2. The van der Waals surface area contributed by atoms with Gasteiger partial charge in [-0.3, -0.25) is 4.79 Å². The maximum absolute atomic E-state index is 12.2. The highest BCUT2D eigenvalue weighted by Crippen LogP contribution is 2.18. The van der Waals surface area contributed by atoms with Crippen LogP contribution in [0.5, 0.6) is 0 Å². The van der Waals surface area contributed by atoms with Gasteiger partial charge in [-0.1, -0.05) is 30.3 Å². The van der Waals surface area contributed by atoms with E-state index in [0.717, 1.165) is 24.1 Å². The molecule has 4 rings (SSSR count). The van der Waals surface area contributed by atoms with Gasteiger partial charge in [0.05, 0.1) is 5.56 Å². The Bertz CT molecular complexity index is 967. The van der Waals surface area contributed by atoms with Gasteiger partial charge in [-0.05, 0) is 36.2 Å². The SMILES string of the molecule is O=C(OCc1nnc(-c2ccccc2)o1)c1ccc(CN2CCCC2=O)cc1. The highest BCUT2D eigenvalue weighted by atomic mass is 16.5. The molecular formula is C21H19N3O4. The lowest BCUT2D eigenvalue weighted by Crippen LogP contribution is -2.23. The Hall–Kier alpha value is -3.48. The molecule has 0 atom stereocenters. The van der Waals surface area contributed by atoms with E-state index >= 15 is 0 Å². The molecule has 1 saturated heterocycles. The van der Waals surface area contributed by atoms with Crippen molar-refractivity contribution in [3.63, 3.8) is 0 Å². The second-order valence-corrected chi connectivity index (χ2v) is 6.56. The Morgan fingerprint density at radius 2 is 1.86 bits per heavy atom. The fraction of sp³-hybridized carbons (Fsp3) is 0.238. The van der Waals surface area contributed by atoms with Gasteiger partial charge in [0.2, 0.25) is 11.8 Å². The Kier molecular flexibility index (Phi) is 5.14. The maximum Gasteiger partial charge on any atom is 0.338 e. The summed E-state index contributed by atoms with van der Waals surface area (Å²) in [5.41, 5.74) is 2.22. The summed E-state index contributed by atoms with van der Waals surface area (Å²) < 4.78 is 10.8. The second kappa shape index (κ2) is 8.04. The zero-order chi connectivity index (χ0) is 19.3. The van der Waals surface area contributed by atoms with E-state index in [0.29, 0.717) is 24.4 Å². The van der Waals surface area contributed by atoms with Gasteiger partial charge in [-0.2, -0.15) is 0 Å². The largest absolute Gasteiger partial charge is 0.452 e. The Balaban J connectivity index is 1.32. The molecule has 7 nitrogen and oxygen atoms in total. The van der Waals surface area contributed by atoms with Gasteiger partial charge < -0.3 is 14.1 Å². The molecule has 0 spiro atoms. The van der Waals surface area contributed by atoms with Gasteiger partial charge >= 0.3 is 5.97 Å². The van der Waals surface area contributed by atoms with Crippen LogP contribution < -0.4 is 0 Å². The number of carbonyl (C=O) groups is 2. The molecule has 0 aliphatic carbocycles. The number of esters is 1. The molecule has 1 aliphatic heterocycles. The number of ether oxygens (including phenoxy) is 1. The van der Waals surface area contributed by atoms with Gasteiger partial charge in [0.15, 0.2) is 6.61 Å². The van der Waals surface area contributed by atoms with Gasteiger partial charge in [-0.25, -0.2) is 4.79 Å². The van der Waals surface area contributed by atoms with Crippen molar-refractivity contribution in [1.82, 2.24) is 15.1 Å². The number of rotatable bonds is 6. The van der Waals surface area contributed by atoms with Gasteiger partial charge in [0.25, 0.3) is 5.89 Å². The summed E-state index contributed by atoms with van der Waals surface area (Å²) >= 11 is 0. The highest BCUT2D eigenvalue weighted by molar-refractivity contribution is 5.89. The first-order valence-corrected chi connectivity index (χ1v) is 9.11. The molecule has 7 heteroatoms. The smallest absolute Gasteiger partial charge is 0.338 e. The van der Waals surface area contributed by atoms with E-state index in [4.69, 9.17) is 9.15 Å². The van der Waals surface area contributed by atoms with Crippen LogP contribution in [0.2, 0.25) is 0 Å². The van der Waals surface area contributed by atoms with Crippen LogP contribution in [0.3, 0.4) is 0 Å². The van der Waals surface area contributed by atoms with Crippen LogP contribution in [0.15, 0.2) is 59.0 Å². The maximum atomic E-state index is 12.2. The average Bonchev–Trinajstić information content (AvgIpc) is 3.37. The third-order valence-corrected chi connectivity index (χ3v) is 4.55. The van der Waals surface area contributed by atoms with Crippen molar-refractivity contribution in [2.24, 2.45) is 0 Å². The van der Waals surface area contributed by atoms with E-state index in [2.05, 4.69) is 10.2 Å². The van der Waals surface area contributed by atoms with Crippen molar-refractivity contribution in [2.45, 2.75) is 26.0 Å². The number of carbonyl (C=O) groups excluding carboxylic acids is 2. The zero-order valence-electron chi connectivity index (χ0n) is 15.2. The fourth-order valence-electron chi connectivity index (χ4n) is 3.06. The van der Waals surface area contributed by atoms with Crippen LogP contribution in [-0.2, 0) is 22.7 Å². The van der Waals surface area contributed by atoms with Crippen molar-refractivity contribution in [3.8, 4) is 11.5 Å². The molecule has 2 aromatic carbocycles. The predicted octanol–water partition coefficient (Wildman–Crippen LogP) is 3.22. The lowest BCUT2D eigenvalue weighted by molar-refractivity contribution is -0.128. The number of nitrogens with zero attached hydrogens (tertiary/aromatic N) is 3. The topological polar surface area (TPSA) is 85.5 Å². The molecule has 1 fully saturated rings. The monoisotopic (exact) mass is 377 g/mol. The quantitative estimate of drug-likeness (QED) is 0.613. The number of hydrogen-bond acceptors (Lipinski definition) is 6. The Morgan fingerprint density at radius 1 is 1.07 bits per heavy atom. The molecule has 0 N–H and O–H groups in total. The normalized spacial score (nSPS) is 13.7. The van der Waals surface area contributed by atoms with Crippen LogP contribution in [0, 0.1) is 0 Å². The molecule has 1 aromatic heterocycles.